The standard InChI is InChI=1S/C20H23F2N5S/c1-20(21,22)10-15-18(26-15)12-3-5-14-16(9-12)28-19(27-14)13-4-6-17(25-11-13)24-8-7-23-2/h3-6,9,11,15,18,23,26H,7-8,10H2,1-2H3,(H,24,25). The third kappa shape index (κ3) is 4.45. The van der Waals surface area contributed by atoms with Crippen molar-refractivity contribution in [2.24, 2.45) is 0 Å². The Labute approximate surface area is 166 Å². The Kier molecular flexibility index (Phi) is 5.27. The Morgan fingerprint density at radius 3 is 2.79 bits per heavy atom. The monoisotopic (exact) mass is 403 g/mol. The molecule has 148 valence electrons. The third-order valence-electron chi connectivity index (χ3n) is 4.73. The van der Waals surface area contributed by atoms with E-state index in [0.29, 0.717) is 0 Å². The number of alkyl halides is 2. The van der Waals surface area contributed by atoms with Gasteiger partial charge >= 0.3 is 0 Å². The van der Waals surface area contributed by atoms with Crippen LogP contribution in [0.5, 0.6) is 0 Å². The minimum absolute atomic E-state index is 0.00501. The molecule has 3 aromatic rings. The van der Waals surface area contributed by atoms with Gasteiger partial charge in [-0.25, -0.2) is 18.7 Å². The van der Waals surface area contributed by atoms with Crippen LogP contribution in [0.1, 0.15) is 24.9 Å². The Morgan fingerprint density at radius 1 is 1.21 bits per heavy atom. The minimum Gasteiger partial charge on any atom is -0.369 e. The van der Waals surface area contributed by atoms with Gasteiger partial charge in [-0.2, -0.15) is 0 Å². The first kappa shape index (κ1) is 19.2. The van der Waals surface area contributed by atoms with E-state index in [9.17, 15) is 8.78 Å². The van der Waals surface area contributed by atoms with Crippen LogP contribution in [0.15, 0.2) is 36.5 Å². The molecular weight excluding hydrogens is 380 g/mol. The van der Waals surface area contributed by atoms with E-state index in [1.165, 1.54) is 0 Å². The van der Waals surface area contributed by atoms with Gasteiger partial charge in [0.15, 0.2) is 0 Å². The van der Waals surface area contributed by atoms with Crippen LogP contribution in [-0.4, -0.2) is 42.1 Å². The molecule has 2 unspecified atom stereocenters. The molecular formula is C20H23F2N5S. The summed E-state index contributed by atoms with van der Waals surface area (Å²) < 4.78 is 27.5. The van der Waals surface area contributed by atoms with E-state index in [1.54, 1.807) is 11.3 Å². The van der Waals surface area contributed by atoms with Gasteiger partial charge in [0.2, 0.25) is 5.92 Å². The number of nitrogens with one attached hydrogen (secondary N) is 3. The first-order valence-electron chi connectivity index (χ1n) is 9.32. The molecule has 3 N–H and O–H groups in total. The van der Waals surface area contributed by atoms with E-state index >= 15 is 0 Å². The van der Waals surface area contributed by atoms with Crippen LogP contribution in [0.3, 0.4) is 0 Å². The maximum absolute atomic E-state index is 13.2. The maximum Gasteiger partial charge on any atom is 0.247 e. The quantitative estimate of drug-likeness (QED) is 0.391. The number of aromatic nitrogens is 2. The van der Waals surface area contributed by atoms with Crippen molar-refractivity contribution in [1.82, 2.24) is 20.6 Å². The number of rotatable bonds is 8. The van der Waals surface area contributed by atoms with Crippen LogP contribution in [-0.2, 0) is 0 Å². The molecule has 1 aliphatic heterocycles. The minimum atomic E-state index is -2.64. The molecule has 1 aliphatic rings. The van der Waals surface area contributed by atoms with Gasteiger partial charge in [0.1, 0.15) is 10.8 Å². The van der Waals surface area contributed by atoms with Crippen LogP contribution in [0.25, 0.3) is 20.8 Å². The Hall–Kier alpha value is -2.16. The second-order valence-electron chi connectivity index (χ2n) is 7.23. The molecule has 0 radical (unpaired) electrons. The molecule has 0 spiro atoms. The van der Waals surface area contributed by atoms with E-state index in [-0.39, 0.29) is 18.5 Å². The van der Waals surface area contributed by atoms with Gasteiger partial charge in [-0.05, 0) is 43.8 Å². The highest BCUT2D eigenvalue weighted by atomic mass is 32.1. The Morgan fingerprint density at radius 2 is 2.07 bits per heavy atom. The van der Waals surface area contributed by atoms with Crippen molar-refractivity contribution >= 4 is 27.4 Å². The van der Waals surface area contributed by atoms with Crippen LogP contribution in [0.4, 0.5) is 14.6 Å². The van der Waals surface area contributed by atoms with Crippen molar-refractivity contribution in [3.8, 4) is 10.6 Å². The Balaban J connectivity index is 1.48. The van der Waals surface area contributed by atoms with Gasteiger partial charge in [0.05, 0.1) is 10.2 Å². The fraction of sp³-hybridized carbons (Fsp3) is 0.400. The van der Waals surface area contributed by atoms with Crippen LogP contribution >= 0.6 is 11.3 Å². The number of anilines is 1. The van der Waals surface area contributed by atoms with Crippen molar-refractivity contribution in [2.45, 2.75) is 31.4 Å². The number of hydrogen-bond acceptors (Lipinski definition) is 6. The highest BCUT2D eigenvalue weighted by Gasteiger charge is 2.42. The molecule has 8 heteroatoms. The zero-order valence-electron chi connectivity index (χ0n) is 15.8. The lowest BCUT2D eigenvalue weighted by atomic mass is 10.1. The van der Waals surface area contributed by atoms with Crippen LogP contribution in [0.2, 0.25) is 0 Å². The average molecular weight is 404 g/mol. The van der Waals surface area contributed by atoms with Crippen molar-refractivity contribution < 1.29 is 8.78 Å². The number of thiazole rings is 1. The summed E-state index contributed by atoms with van der Waals surface area (Å²) in [6.07, 6.45) is 1.69. The molecule has 4 rings (SSSR count). The summed E-state index contributed by atoms with van der Waals surface area (Å²) >= 11 is 1.59. The summed E-state index contributed by atoms with van der Waals surface area (Å²) in [5.74, 6) is -1.81. The summed E-state index contributed by atoms with van der Waals surface area (Å²) in [5.41, 5.74) is 2.92. The van der Waals surface area contributed by atoms with Crippen LogP contribution in [0, 0.1) is 0 Å². The summed E-state index contributed by atoms with van der Waals surface area (Å²) in [6, 6.07) is 9.81. The molecule has 2 aromatic heterocycles. The molecule has 2 atom stereocenters. The van der Waals surface area contributed by atoms with Gasteiger partial charge in [-0.1, -0.05) is 6.07 Å². The third-order valence-corrected chi connectivity index (χ3v) is 5.80. The number of pyridine rings is 1. The zero-order chi connectivity index (χ0) is 19.7. The molecule has 1 fully saturated rings. The largest absolute Gasteiger partial charge is 0.369 e. The fourth-order valence-corrected chi connectivity index (χ4v) is 4.27. The first-order valence-corrected chi connectivity index (χ1v) is 10.1. The van der Waals surface area contributed by atoms with Gasteiger partial charge in [-0.3, -0.25) is 0 Å². The van der Waals surface area contributed by atoms with Gasteiger partial charge < -0.3 is 16.0 Å². The fourth-order valence-electron chi connectivity index (χ4n) is 3.27. The lowest BCUT2D eigenvalue weighted by Gasteiger charge is -2.07. The second kappa shape index (κ2) is 7.69. The summed E-state index contributed by atoms with van der Waals surface area (Å²) in [7, 11) is 1.91. The molecule has 0 amide bonds. The van der Waals surface area contributed by atoms with Gasteiger partial charge in [0, 0.05) is 43.4 Å². The molecule has 28 heavy (non-hydrogen) atoms. The highest BCUT2D eigenvalue weighted by molar-refractivity contribution is 7.21. The van der Waals surface area contributed by atoms with Crippen molar-refractivity contribution in [1.29, 1.82) is 0 Å². The molecule has 5 nitrogen and oxygen atoms in total. The van der Waals surface area contributed by atoms with Gasteiger partial charge in [0.25, 0.3) is 0 Å². The predicted molar refractivity (Wildman–Crippen MR) is 110 cm³/mol. The van der Waals surface area contributed by atoms with Crippen molar-refractivity contribution in [3.63, 3.8) is 0 Å². The van der Waals surface area contributed by atoms with E-state index in [2.05, 4.69) is 27.0 Å². The lowest BCUT2D eigenvalue weighted by molar-refractivity contribution is 0.0124. The van der Waals surface area contributed by atoms with Crippen LogP contribution < -0.4 is 16.0 Å². The van der Waals surface area contributed by atoms with E-state index in [1.807, 2.05) is 37.5 Å². The number of halogens is 2. The lowest BCUT2D eigenvalue weighted by Crippen LogP contribution is -2.18. The van der Waals surface area contributed by atoms with Gasteiger partial charge in [-0.15, -0.1) is 11.3 Å². The predicted octanol–water partition coefficient (Wildman–Crippen LogP) is 4.05. The van der Waals surface area contributed by atoms with E-state index in [0.717, 1.165) is 52.2 Å². The van der Waals surface area contributed by atoms with E-state index in [4.69, 9.17) is 4.98 Å². The van der Waals surface area contributed by atoms with Crippen molar-refractivity contribution in [3.05, 3.63) is 42.1 Å². The number of nitrogens with zero attached hydrogens (tertiary/aromatic N) is 2. The first-order chi connectivity index (χ1) is 13.4. The number of benzene rings is 1. The summed E-state index contributed by atoms with van der Waals surface area (Å²) in [5, 5.41) is 10.4. The molecule has 0 aliphatic carbocycles. The Bertz CT molecular complexity index is 951. The summed E-state index contributed by atoms with van der Waals surface area (Å²) in [4.78, 5) is 9.14. The molecule has 1 aromatic carbocycles. The van der Waals surface area contributed by atoms with Crippen molar-refractivity contribution in [2.75, 3.05) is 25.5 Å². The number of hydrogen-bond donors (Lipinski definition) is 3. The zero-order valence-corrected chi connectivity index (χ0v) is 16.6. The molecule has 0 bridgehead atoms. The SMILES string of the molecule is CNCCNc1ccc(-c2nc3ccc(C4NC4CC(C)(F)F)cc3s2)cn1. The number of fused-ring (bicyclic) bond motifs is 1. The number of likely N-dealkylation sites (N-methyl/N-ethyl adjacent to an activating group) is 1. The maximum atomic E-state index is 13.2. The molecule has 1 saturated heterocycles. The highest BCUT2D eigenvalue weighted by Crippen LogP contribution is 2.39. The summed E-state index contributed by atoms with van der Waals surface area (Å²) in [6.45, 7) is 2.65. The molecule has 3 heterocycles. The van der Waals surface area contributed by atoms with E-state index < -0.39 is 5.92 Å². The smallest absolute Gasteiger partial charge is 0.247 e. The second-order valence-corrected chi connectivity index (χ2v) is 8.26. The normalized spacial score (nSPS) is 19.1. The topological polar surface area (TPSA) is 71.8 Å². The molecule has 0 saturated carbocycles. The average Bonchev–Trinajstić information content (AvgIpc) is 3.26.